The van der Waals surface area contributed by atoms with Gasteiger partial charge in [0.05, 0.1) is 11.5 Å². The van der Waals surface area contributed by atoms with Crippen molar-refractivity contribution in [3.8, 4) is 0 Å². The van der Waals surface area contributed by atoms with E-state index in [-0.39, 0.29) is 22.7 Å². The summed E-state index contributed by atoms with van der Waals surface area (Å²) < 4.78 is 28.6. The number of thioether (sulfide) groups is 1. The lowest BCUT2D eigenvalue weighted by atomic mass is 10.1. The maximum atomic E-state index is 11.5. The van der Waals surface area contributed by atoms with Crippen LogP contribution in [0.2, 0.25) is 0 Å². The van der Waals surface area contributed by atoms with Gasteiger partial charge in [-0.15, -0.1) is 10.2 Å². The Hall–Kier alpha value is -1.34. The average molecular weight is 338 g/mol. The molecule has 5 nitrogen and oxygen atoms in total. The second-order valence-corrected chi connectivity index (χ2v) is 9.13. The molecule has 0 saturated carbocycles. The summed E-state index contributed by atoms with van der Waals surface area (Å²) in [5, 5.41) is 8.86. The molecule has 1 fully saturated rings. The normalized spacial score (nSPS) is 21.8. The number of sulfone groups is 1. The molecule has 0 bridgehead atoms. The molecule has 0 spiro atoms. The molecule has 2 aromatic rings. The summed E-state index contributed by atoms with van der Waals surface area (Å²) in [6, 6.07) is 10.1. The van der Waals surface area contributed by atoms with E-state index in [2.05, 4.69) is 29.3 Å². The zero-order valence-electron chi connectivity index (χ0n) is 12.3. The smallest absolute Gasteiger partial charge is 0.277 e. The molecule has 0 amide bonds. The quantitative estimate of drug-likeness (QED) is 0.781. The number of aromatic nitrogens is 2. The van der Waals surface area contributed by atoms with Gasteiger partial charge in [-0.3, -0.25) is 0 Å². The van der Waals surface area contributed by atoms with Gasteiger partial charge < -0.3 is 4.42 Å². The highest BCUT2D eigenvalue weighted by Crippen LogP contribution is 2.34. The van der Waals surface area contributed by atoms with Crippen LogP contribution in [0.15, 0.2) is 40.0 Å². The fourth-order valence-corrected chi connectivity index (χ4v) is 5.28. The zero-order valence-corrected chi connectivity index (χ0v) is 13.9. The van der Waals surface area contributed by atoms with E-state index in [0.29, 0.717) is 24.0 Å². The molecule has 2 atom stereocenters. The maximum Gasteiger partial charge on any atom is 0.277 e. The summed E-state index contributed by atoms with van der Waals surface area (Å²) in [4.78, 5) is 0. The van der Waals surface area contributed by atoms with E-state index >= 15 is 0 Å². The molecule has 118 valence electrons. The Bertz CT molecular complexity index is 728. The van der Waals surface area contributed by atoms with E-state index in [0.717, 1.165) is 0 Å². The third kappa shape index (κ3) is 3.89. The van der Waals surface area contributed by atoms with Crippen LogP contribution in [0.1, 0.15) is 30.0 Å². The van der Waals surface area contributed by atoms with Crippen molar-refractivity contribution < 1.29 is 12.8 Å². The van der Waals surface area contributed by atoms with Crippen molar-refractivity contribution in [2.75, 3.05) is 11.5 Å². The van der Waals surface area contributed by atoms with Gasteiger partial charge in [0.25, 0.3) is 5.22 Å². The van der Waals surface area contributed by atoms with Gasteiger partial charge in [-0.1, -0.05) is 42.1 Å². The molecule has 2 heterocycles. The molecule has 0 aliphatic carbocycles. The number of rotatable bonds is 5. The van der Waals surface area contributed by atoms with Crippen molar-refractivity contribution in [3.63, 3.8) is 0 Å². The van der Waals surface area contributed by atoms with Gasteiger partial charge in [0.1, 0.15) is 0 Å². The van der Waals surface area contributed by atoms with Gasteiger partial charge in [-0.25, -0.2) is 8.42 Å². The number of benzene rings is 1. The largest absolute Gasteiger partial charge is 0.416 e. The Labute approximate surface area is 134 Å². The lowest BCUT2D eigenvalue weighted by Crippen LogP contribution is -2.07. The summed E-state index contributed by atoms with van der Waals surface area (Å²) in [5.41, 5.74) is 1.20. The van der Waals surface area contributed by atoms with E-state index in [1.165, 1.54) is 17.3 Å². The van der Waals surface area contributed by atoms with E-state index in [9.17, 15) is 8.42 Å². The lowest BCUT2D eigenvalue weighted by Gasteiger charge is -2.07. The van der Waals surface area contributed by atoms with Gasteiger partial charge in [0, 0.05) is 11.7 Å². The first-order valence-corrected chi connectivity index (χ1v) is 9.96. The fraction of sp³-hybridized carbons (Fsp3) is 0.467. The Balaban J connectivity index is 1.60. The lowest BCUT2D eigenvalue weighted by molar-refractivity contribution is 0.389. The van der Waals surface area contributed by atoms with Gasteiger partial charge in [0.15, 0.2) is 9.84 Å². The van der Waals surface area contributed by atoms with Crippen molar-refractivity contribution in [3.05, 3.63) is 41.8 Å². The molecule has 22 heavy (non-hydrogen) atoms. The van der Waals surface area contributed by atoms with Crippen LogP contribution < -0.4 is 0 Å². The van der Waals surface area contributed by atoms with Gasteiger partial charge in [0.2, 0.25) is 5.89 Å². The second-order valence-electron chi connectivity index (χ2n) is 5.61. The van der Waals surface area contributed by atoms with Crippen LogP contribution in [0.25, 0.3) is 0 Å². The molecular formula is C15H18N2O3S2. The van der Waals surface area contributed by atoms with Crippen LogP contribution in [-0.2, 0) is 16.3 Å². The molecule has 1 aliphatic rings. The number of hydrogen-bond acceptors (Lipinski definition) is 6. The van der Waals surface area contributed by atoms with Crippen LogP contribution in [0.5, 0.6) is 0 Å². The first-order chi connectivity index (χ1) is 10.5. The van der Waals surface area contributed by atoms with Crippen molar-refractivity contribution >= 4 is 21.6 Å². The molecule has 1 aromatic carbocycles. The SMILES string of the molecule is CC(Sc1nnc(CC2CCS(=O)(=O)C2)o1)c1ccccc1. The minimum absolute atomic E-state index is 0.106. The first-order valence-electron chi connectivity index (χ1n) is 7.26. The zero-order chi connectivity index (χ0) is 15.6. The predicted octanol–water partition coefficient (Wildman–Crippen LogP) is 2.90. The molecule has 2 unspecified atom stereocenters. The molecule has 7 heteroatoms. The predicted molar refractivity (Wildman–Crippen MR) is 85.5 cm³/mol. The van der Waals surface area contributed by atoms with Gasteiger partial charge in [-0.05, 0) is 24.8 Å². The van der Waals surface area contributed by atoms with E-state index in [1.807, 2.05) is 18.2 Å². The Morgan fingerprint density at radius 1 is 1.32 bits per heavy atom. The van der Waals surface area contributed by atoms with Gasteiger partial charge in [-0.2, -0.15) is 0 Å². The third-order valence-electron chi connectivity index (χ3n) is 3.78. The third-order valence-corrected chi connectivity index (χ3v) is 6.61. The second kappa shape index (κ2) is 6.42. The Morgan fingerprint density at radius 2 is 2.09 bits per heavy atom. The number of nitrogens with zero attached hydrogens (tertiary/aromatic N) is 2. The van der Waals surface area contributed by atoms with Crippen molar-refractivity contribution in [2.45, 2.75) is 30.2 Å². The van der Waals surface area contributed by atoms with Crippen molar-refractivity contribution in [1.29, 1.82) is 0 Å². The molecule has 1 aromatic heterocycles. The fourth-order valence-electron chi connectivity index (χ4n) is 2.59. The molecule has 1 saturated heterocycles. The number of hydrogen-bond donors (Lipinski definition) is 0. The van der Waals surface area contributed by atoms with E-state index in [1.54, 1.807) is 0 Å². The molecular weight excluding hydrogens is 320 g/mol. The van der Waals surface area contributed by atoms with E-state index in [4.69, 9.17) is 4.42 Å². The van der Waals surface area contributed by atoms with Crippen LogP contribution in [0.3, 0.4) is 0 Å². The van der Waals surface area contributed by atoms with Crippen LogP contribution in [0.4, 0.5) is 0 Å². The summed E-state index contributed by atoms with van der Waals surface area (Å²) in [5.74, 6) is 1.15. The Morgan fingerprint density at radius 3 is 2.77 bits per heavy atom. The highest BCUT2D eigenvalue weighted by atomic mass is 32.2. The van der Waals surface area contributed by atoms with Crippen LogP contribution in [0, 0.1) is 5.92 Å². The maximum absolute atomic E-state index is 11.5. The average Bonchev–Trinajstić information content (AvgIpc) is 3.06. The standard InChI is InChI=1S/C15H18N2O3S2/c1-11(13-5-3-2-4-6-13)21-15-17-16-14(20-15)9-12-7-8-22(18,19)10-12/h2-6,11-12H,7-10H2,1H3. The van der Waals surface area contributed by atoms with Gasteiger partial charge >= 0.3 is 0 Å². The highest BCUT2D eigenvalue weighted by molar-refractivity contribution is 7.99. The van der Waals surface area contributed by atoms with Crippen molar-refractivity contribution in [1.82, 2.24) is 10.2 Å². The molecule has 0 radical (unpaired) electrons. The summed E-state index contributed by atoms with van der Waals surface area (Å²) >= 11 is 1.52. The van der Waals surface area contributed by atoms with E-state index < -0.39 is 9.84 Å². The highest BCUT2D eigenvalue weighted by Gasteiger charge is 2.29. The van der Waals surface area contributed by atoms with Crippen molar-refractivity contribution in [2.24, 2.45) is 5.92 Å². The summed E-state index contributed by atoms with van der Waals surface area (Å²) in [6.07, 6.45) is 1.24. The minimum Gasteiger partial charge on any atom is -0.416 e. The minimum atomic E-state index is -2.86. The Kier molecular flexibility index (Phi) is 4.54. The van der Waals surface area contributed by atoms with Crippen LogP contribution in [-0.4, -0.2) is 30.1 Å². The molecule has 3 rings (SSSR count). The van der Waals surface area contributed by atoms with Crippen LogP contribution >= 0.6 is 11.8 Å². The molecule has 0 N–H and O–H groups in total. The monoisotopic (exact) mass is 338 g/mol. The first kappa shape index (κ1) is 15.6. The topological polar surface area (TPSA) is 73.1 Å². The summed E-state index contributed by atoms with van der Waals surface area (Å²) in [6.45, 7) is 2.09. The summed E-state index contributed by atoms with van der Waals surface area (Å²) in [7, 11) is -2.86. The molecule has 1 aliphatic heterocycles.